The molecule has 2 aromatic rings. The number of ether oxygens (including phenoxy) is 2. The van der Waals surface area contributed by atoms with E-state index in [1.165, 1.54) is 6.07 Å². The number of hydrogen-bond donors (Lipinski definition) is 1. The highest BCUT2D eigenvalue weighted by Gasteiger charge is 2.03. The second-order valence-corrected chi connectivity index (χ2v) is 3.81. The molecule has 0 amide bonds. The van der Waals surface area contributed by atoms with Gasteiger partial charge in [-0.3, -0.25) is 0 Å². The van der Waals surface area contributed by atoms with Gasteiger partial charge in [-0.25, -0.2) is 8.78 Å². The van der Waals surface area contributed by atoms with Crippen LogP contribution in [0.25, 0.3) is 0 Å². The van der Waals surface area contributed by atoms with E-state index in [1.807, 2.05) is 6.07 Å². The minimum Gasteiger partial charge on any atom is -0.490 e. The van der Waals surface area contributed by atoms with Crippen molar-refractivity contribution in [1.82, 2.24) is 0 Å². The molecular formula is C14H13F2NO2. The molecule has 3 nitrogen and oxygen atoms in total. The molecular weight excluding hydrogens is 252 g/mol. The number of para-hydroxylation sites is 2. The molecule has 0 fully saturated rings. The fourth-order valence-electron chi connectivity index (χ4n) is 1.49. The maximum Gasteiger partial charge on any atom is 0.162 e. The summed E-state index contributed by atoms with van der Waals surface area (Å²) in [5, 5.41) is 0. The molecule has 0 aliphatic heterocycles. The van der Waals surface area contributed by atoms with E-state index in [9.17, 15) is 8.78 Å². The molecule has 0 aliphatic carbocycles. The third-order valence-corrected chi connectivity index (χ3v) is 2.42. The molecule has 0 spiro atoms. The largest absolute Gasteiger partial charge is 0.490 e. The lowest BCUT2D eigenvalue weighted by Crippen LogP contribution is -2.10. The van der Waals surface area contributed by atoms with Gasteiger partial charge in [-0.05, 0) is 24.3 Å². The standard InChI is InChI=1S/C14H13F2NO2/c15-11-6-5-10(9-12(11)16)18-7-8-19-14-4-2-1-3-13(14)17/h1-6,9H,7-8,17H2. The van der Waals surface area contributed by atoms with E-state index >= 15 is 0 Å². The van der Waals surface area contributed by atoms with Crippen LogP contribution in [0.4, 0.5) is 14.5 Å². The zero-order valence-corrected chi connectivity index (χ0v) is 10.1. The average Bonchev–Trinajstić information content (AvgIpc) is 2.40. The van der Waals surface area contributed by atoms with Crippen LogP contribution in [0, 0.1) is 11.6 Å². The van der Waals surface area contributed by atoms with Crippen LogP contribution in [0.5, 0.6) is 11.5 Å². The normalized spacial score (nSPS) is 10.2. The van der Waals surface area contributed by atoms with Crippen molar-refractivity contribution in [2.45, 2.75) is 0 Å². The number of anilines is 1. The topological polar surface area (TPSA) is 44.5 Å². The second-order valence-electron chi connectivity index (χ2n) is 3.81. The van der Waals surface area contributed by atoms with Crippen molar-refractivity contribution in [2.75, 3.05) is 18.9 Å². The fourth-order valence-corrected chi connectivity index (χ4v) is 1.49. The van der Waals surface area contributed by atoms with Crippen molar-refractivity contribution in [3.63, 3.8) is 0 Å². The first-order valence-electron chi connectivity index (χ1n) is 5.72. The minimum atomic E-state index is -0.939. The summed E-state index contributed by atoms with van der Waals surface area (Å²) in [6, 6.07) is 10.4. The first-order chi connectivity index (χ1) is 9.16. The van der Waals surface area contributed by atoms with Crippen molar-refractivity contribution in [3.8, 4) is 11.5 Å². The Morgan fingerprint density at radius 1 is 0.895 bits per heavy atom. The van der Waals surface area contributed by atoms with E-state index in [0.29, 0.717) is 11.4 Å². The van der Waals surface area contributed by atoms with Crippen molar-refractivity contribution in [1.29, 1.82) is 0 Å². The van der Waals surface area contributed by atoms with Crippen molar-refractivity contribution < 1.29 is 18.3 Å². The maximum atomic E-state index is 12.9. The summed E-state index contributed by atoms with van der Waals surface area (Å²) in [7, 11) is 0. The van der Waals surface area contributed by atoms with Crippen LogP contribution in [0.1, 0.15) is 0 Å². The zero-order chi connectivity index (χ0) is 13.7. The molecule has 0 bridgehead atoms. The highest BCUT2D eigenvalue weighted by atomic mass is 19.2. The summed E-state index contributed by atoms with van der Waals surface area (Å²) in [5.41, 5.74) is 6.23. The van der Waals surface area contributed by atoms with Gasteiger partial charge >= 0.3 is 0 Å². The Morgan fingerprint density at radius 3 is 2.37 bits per heavy atom. The Bertz CT molecular complexity index is 561. The molecule has 0 aliphatic rings. The summed E-state index contributed by atoms with van der Waals surface area (Å²) >= 11 is 0. The maximum absolute atomic E-state index is 12.9. The molecule has 0 heterocycles. The van der Waals surface area contributed by atoms with E-state index in [-0.39, 0.29) is 19.0 Å². The molecule has 0 saturated carbocycles. The molecule has 2 N–H and O–H groups in total. The Labute approximate surface area is 109 Å². The van der Waals surface area contributed by atoms with Gasteiger partial charge in [0.25, 0.3) is 0 Å². The van der Waals surface area contributed by atoms with Gasteiger partial charge in [0.1, 0.15) is 24.7 Å². The molecule has 19 heavy (non-hydrogen) atoms. The Balaban J connectivity index is 1.81. The zero-order valence-electron chi connectivity index (χ0n) is 10.1. The van der Waals surface area contributed by atoms with E-state index in [1.54, 1.807) is 18.2 Å². The number of halogens is 2. The molecule has 100 valence electrons. The first kappa shape index (κ1) is 13.1. The molecule has 0 unspecified atom stereocenters. The third kappa shape index (κ3) is 3.58. The van der Waals surface area contributed by atoms with E-state index in [2.05, 4.69) is 0 Å². The molecule has 2 aromatic carbocycles. The van der Waals surface area contributed by atoms with Gasteiger partial charge in [-0.1, -0.05) is 12.1 Å². The first-order valence-corrected chi connectivity index (χ1v) is 5.72. The molecule has 0 atom stereocenters. The van der Waals surface area contributed by atoms with Crippen molar-refractivity contribution in [2.24, 2.45) is 0 Å². The predicted molar refractivity (Wildman–Crippen MR) is 68.2 cm³/mol. The molecule has 0 radical (unpaired) electrons. The lowest BCUT2D eigenvalue weighted by atomic mass is 10.3. The van der Waals surface area contributed by atoms with Crippen LogP contribution >= 0.6 is 0 Å². The monoisotopic (exact) mass is 265 g/mol. The third-order valence-electron chi connectivity index (χ3n) is 2.42. The summed E-state index contributed by atoms with van der Waals surface area (Å²) in [6.07, 6.45) is 0. The lowest BCUT2D eigenvalue weighted by molar-refractivity contribution is 0.217. The Hall–Kier alpha value is -2.30. The minimum absolute atomic E-state index is 0.208. The number of nitrogen functional groups attached to an aromatic ring is 1. The number of nitrogens with two attached hydrogens (primary N) is 1. The molecule has 0 aromatic heterocycles. The van der Waals surface area contributed by atoms with Crippen LogP contribution in [-0.4, -0.2) is 13.2 Å². The van der Waals surface area contributed by atoms with Gasteiger partial charge in [0.05, 0.1) is 5.69 Å². The van der Waals surface area contributed by atoms with Crippen LogP contribution < -0.4 is 15.2 Å². The van der Waals surface area contributed by atoms with Gasteiger partial charge in [0, 0.05) is 6.07 Å². The highest BCUT2D eigenvalue weighted by molar-refractivity contribution is 5.51. The van der Waals surface area contributed by atoms with E-state index in [4.69, 9.17) is 15.2 Å². The average molecular weight is 265 g/mol. The highest BCUT2D eigenvalue weighted by Crippen LogP contribution is 2.20. The number of rotatable bonds is 5. The van der Waals surface area contributed by atoms with Gasteiger partial charge < -0.3 is 15.2 Å². The van der Waals surface area contributed by atoms with Crippen LogP contribution in [0.15, 0.2) is 42.5 Å². The summed E-state index contributed by atoms with van der Waals surface area (Å²) < 4.78 is 36.2. The predicted octanol–water partition coefficient (Wildman–Crippen LogP) is 3.00. The van der Waals surface area contributed by atoms with Crippen molar-refractivity contribution >= 4 is 5.69 Å². The van der Waals surface area contributed by atoms with Gasteiger partial charge in [-0.15, -0.1) is 0 Å². The molecule has 5 heteroatoms. The van der Waals surface area contributed by atoms with Crippen LogP contribution in [0.2, 0.25) is 0 Å². The van der Waals surface area contributed by atoms with Gasteiger partial charge in [0.2, 0.25) is 0 Å². The number of benzene rings is 2. The van der Waals surface area contributed by atoms with E-state index < -0.39 is 11.6 Å². The smallest absolute Gasteiger partial charge is 0.162 e. The summed E-state index contributed by atoms with van der Waals surface area (Å²) in [6.45, 7) is 0.465. The van der Waals surface area contributed by atoms with Crippen molar-refractivity contribution in [3.05, 3.63) is 54.1 Å². The second kappa shape index (κ2) is 6.04. The summed E-state index contributed by atoms with van der Waals surface area (Å²) in [5.74, 6) is -1.02. The SMILES string of the molecule is Nc1ccccc1OCCOc1ccc(F)c(F)c1. The van der Waals surface area contributed by atoms with Crippen LogP contribution in [0.3, 0.4) is 0 Å². The number of hydrogen-bond acceptors (Lipinski definition) is 3. The Kier molecular flexibility index (Phi) is 4.18. The van der Waals surface area contributed by atoms with Gasteiger partial charge in [0.15, 0.2) is 11.6 Å². The summed E-state index contributed by atoms with van der Waals surface area (Å²) in [4.78, 5) is 0. The van der Waals surface area contributed by atoms with E-state index in [0.717, 1.165) is 12.1 Å². The fraction of sp³-hybridized carbons (Fsp3) is 0.143. The van der Waals surface area contributed by atoms with Gasteiger partial charge in [-0.2, -0.15) is 0 Å². The molecule has 2 rings (SSSR count). The Morgan fingerprint density at radius 2 is 1.63 bits per heavy atom. The lowest BCUT2D eigenvalue weighted by Gasteiger charge is -2.10. The molecule has 0 saturated heterocycles. The quantitative estimate of drug-likeness (QED) is 0.667. The van der Waals surface area contributed by atoms with Crippen LogP contribution in [-0.2, 0) is 0 Å².